The molecule has 4 atom stereocenters. The predicted molar refractivity (Wildman–Crippen MR) is 214 cm³/mol. The van der Waals surface area contributed by atoms with Gasteiger partial charge in [0.1, 0.15) is 22.8 Å². The zero-order chi connectivity index (χ0) is 39.9. The topological polar surface area (TPSA) is 123 Å². The number of hydrogen-bond donors (Lipinski definition) is 2. The fourth-order valence-corrected chi connectivity index (χ4v) is 9.55. The number of esters is 1. The number of nitrogens with zero attached hydrogens (tertiary/aromatic N) is 1. The quantitative estimate of drug-likeness (QED) is 0.0832. The highest BCUT2D eigenvalue weighted by Gasteiger charge is 2.81. The highest BCUT2D eigenvalue weighted by molar-refractivity contribution is 6.18. The number of carbonyl (C=O) groups is 3. The van der Waals surface area contributed by atoms with Gasteiger partial charge >= 0.3 is 5.97 Å². The van der Waals surface area contributed by atoms with Crippen LogP contribution in [0.5, 0.6) is 17.2 Å². The van der Waals surface area contributed by atoms with Crippen LogP contribution in [0.15, 0.2) is 58.2 Å². The van der Waals surface area contributed by atoms with Gasteiger partial charge in [0.25, 0.3) is 0 Å². The molecule has 1 aromatic carbocycles. The van der Waals surface area contributed by atoms with Crippen molar-refractivity contribution in [2.45, 2.75) is 136 Å². The minimum Gasteiger partial charge on any atom is -0.507 e. The van der Waals surface area contributed by atoms with Crippen LogP contribution in [0.2, 0.25) is 0 Å². The molecule has 3 fully saturated rings. The number of piperidine rings is 1. The number of carbonyl (C=O) groups excluding carboxylic acids is 3. The van der Waals surface area contributed by atoms with Crippen molar-refractivity contribution in [3.63, 3.8) is 0 Å². The third kappa shape index (κ3) is 7.39. The highest BCUT2D eigenvalue weighted by Crippen LogP contribution is 2.68. The first-order valence-electron chi connectivity index (χ1n) is 20.3. The number of aromatic hydroxyl groups is 2. The van der Waals surface area contributed by atoms with Crippen LogP contribution in [0.4, 0.5) is 0 Å². The molecule has 298 valence electrons. The SMILES string of the molecule is CC(C)=CCC/C(C)=C/Cc1c(O)c(CC=C(C)C)c2c(c1O)C(=O)C1=CC3CC4C(C)(C)OC(C/C=C(\C)C(=O)OCCCN5CCCCC5)(C3=O)C14O2. The second-order valence-corrected chi connectivity index (χ2v) is 17.4. The maximum Gasteiger partial charge on any atom is 0.333 e. The molecule has 0 radical (unpaired) electrons. The van der Waals surface area contributed by atoms with E-state index in [2.05, 4.69) is 24.8 Å². The summed E-state index contributed by atoms with van der Waals surface area (Å²) in [5, 5.41) is 23.8. The summed E-state index contributed by atoms with van der Waals surface area (Å²) in [4.78, 5) is 45.1. The number of allylic oxidation sites excluding steroid dienone is 7. The van der Waals surface area contributed by atoms with Gasteiger partial charge in [-0.1, -0.05) is 53.5 Å². The van der Waals surface area contributed by atoms with Crippen LogP contribution in [0, 0.1) is 11.8 Å². The summed E-state index contributed by atoms with van der Waals surface area (Å²) in [6.45, 7) is 18.9. The maximum absolute atomic E-state index is 15.0. The lowest BCUT2D eigenvalue weighted by Gasteiger charge is -2.56. The molecule has 9 nitrogen and oxygen atoms in total. The molecule has 2 saturated heterocycles. The zero-order valence-electron chi connectivity index (χ0n) is 34.2. The van der Waals surface area contributed by atoms with E-state index >= 15 is 0 Å². The zero-order valence-corrected chi connectivity index (χ0v) is 34.2. The van der Waals surface area contributed by atoms with Crippen molar-refractivity contribution in [1.29, 1.82) is 0 Å². The summed E-state index contributed by atoms with van der Waals surface area (Å²) >= 11 is 0. The summed E-state index contributed by atoms with van der Waals surface area (Å²) in [5.74, 6) is -2.43. The maximum atomic E-state index is 15.0. The Kier molecular flexibility index (Phi) is 11.8. The van der Waals surface area contributed by atoms with Crippen molar-refractivity contribution in [1.82, 2.24) is 4.90 Å². The third-order valence-corrected chi connectivity index (χ3v) is 12.5. The lowest BCUT2D eigenvalue weighted by atomic mass is 9.51. The summed E-state index contributed by atoms with van der Waals surface area (Å²) < 4.78 is 19.6. The number of likely N-dealkylation sites (tertiary alicyclic amines) is 1. The van der Waals surface area contributed by atoms with E-state index < -0.39 is 40.4 Å². The second-order valence-electron chi connectivity index (χ2n) is 17.4. The molecular formula is C46H61NO8. The van der Waals surface area contributed by atoms with Gasteiger partial charge in [-0.2, -0.15) is 0 Å². The molecule has 1 aromatic rings. The molecule has 3 heterocycles. The van der Waals surface area contributed by atoms with E-state index in [1.165, 1.54) is 24.8 Å². The van der Waals surface area contributed by atoms with E-state index in [1.807, 2.05) is 46.8 Å². The molecule has 4 unspecified atom stereocenters. The van der Waals surface area contributed by atoms with Crippen molar-refractivity contribution in [2.24, 2.45) is 11.8 Å². The standard InChI is InChI=1S/C46H61NO8/c1-28(2)14-12-15-30(5)17-19-33-38(48)34(18-16-29(3)4)41-37(39(33)49)40(50)35-26-32-27-36-44(7,8)55-45(42(32)51,46(35,36)54-41)21-20-31(6)43(52)53-25-13-24-47-22-10-9-11-23-47/h14,16-17,20,26,32,36,48-49H,9-13,15,18-19,21-25,27H2,1-8H3/b30-17+,31-20+. The molecule has 3 aliphatic heterocycles. The Bertz CT molecular complexity index is 1880. The molecule has 0 amide bonds. The number of ketones is 2. The summed E-state index contributed by atoms with van der Waals surface area (Å²) in [6.07, 6.45) is 16.6. The van der Waals surface area contributed by atoms with E-state index in [-0.39, 0.29) is 53.4 Å². The first kappa shape index (κ1) is 40.7. The molecule has 7 rings (SSSR count). The molecule has 55 heavy (non-hydrogen) atoms. The van der Waals surface area contributed by atoms with Crippen LogP contribution in [-0.2, 0) is 31.9 Å². The lowest BCUT2D eigenvalue weighted by Crippen LogP contribution is -2.72. The number of rotatable bonds is 14. The fraction of sp³-hybridized carbons (Fsp3) is 0.587. The Hall–Kier alpha value is -3.95. The number of benzene rings is 1. The van der Waals surface area contributed by atoms with Crippen molar-refractivity contribution >= 4 is 17.5 Å². The normalized spacial score (nSPS) is 26.9. The number of phenolic OH excluding ortho intramolecular Hbond substituents is 2. The van der Waals surface area contributed by atoms with Crippen LogP contribution < -0.4 is 4.74 Å². The van der Waals surface area contributed by atoms with Crippen LogP contribution in [-0.4, -0.2) is 75.7 Å². The average Bonchev–Trinajstić information content (AvgIpc) is 3.29. The van der Waals surface area contributed by atoms with Gasteiger partial charge in [-0.15, -0.1) is 0 Å². The van der Waals surface area contributed by atoms with Crippen LogP contribution in [0.1, 0.15) is 128 Å². The molecule has 1 spiro atoms. The Labute approximate surface area is 327 Å². The monoisotopic (exact) mass is 755 g/mol. The van der Waals surface area contributed by atoms with Crippen LogP contribution in [0.3, 0.4) is 0 Å². The van der Waals surface area contributed by atoms with Crippen LogP contribution in [0.25, 0.3) is 0 Å². The summed E-state index contributed by atoms with van der Waals surface area (Å²) in [6, 6.07) is 0. The Morgan fingerprint density at radius 2 is 1.62 bits per heavy atom. The minimum absolute atomic E-state index is 0.00429. The van der Waals surface area contributed by atoms with Gasteiger partial charge in [-0.25, -0.2) is 4.79 Å². The number of Topliss-reactive ketones (excluding diaryl/α,β-unsaturated/α-hetero) is 2. The molecule has 0 aromatic heterocycles. The fourth-order valence-electron chi connectivity index (χ4n) is 9.55. The van der Waals surface area contributed by atoms with Gasteiger partial charge in [0, 0.05) is 47.1 Å². The van der Waals surface area contributed by atoms with Crippen molar-refractivity contribution < 1.29 is 38.8 Å². The predicted octanol–water partition coefficient (Wildman–Crippen LogP) is 8.60. The Morgan fingerprint density at radius 3 is 2.31 bits per heavy atom. The molecule has 4 bridgehead atoms. The first-order valence-corrected chi connectivity index (χ1v) is 20.3. The summed E-state index contributed by atoms with van der Waals surface area (Å²) in [5.41, 5.74) is 0.623. The average molecular weight is 756 g/mol. The minimum atomic E-state index is -1.62. The smallest absolute Gasteiger partial charge is 0.333 e. The van der Waals surface area contributed by atoms with Gasteiger partial charge in [0.2, 0.25) is 0 Å². The lowest BCUT2D eigenvalue weighted by molar-refractivity contribution is -0.171. The van der Waals surface area contributed by atoms with Gasteiger partial charge in [0.05, 0.1) is 12.2 Å². The highest BCUT2D eigenvalue weighted by atomic mass is 16.6. The van der Waals surface area contributed by atoms with Crippen molar-refractivity contribution in [3.8, 4) is 17.2 Å². The number of hydrogen-bond acceptors (Lipinski definition) is 9. The van der Waals surface area contributed by atoms with Crippen LogP contribution >= 0.6 is 0 Å². The van der Waals surface area contributed by atoms with E-state index in [1.54, 1.807) is 19.1 Å². The number of fused-ring (bicyclic) bond motifs is 1. The Balaban J connectivity index is 1.36. The second kappa shape index (κ2) is 15.9. The van der Waals surface area contributed by atoms with Crippen molar-refractivity contribution in [2.75, 3.05) is 26.2 Å². The molecule has 6 aliphatic rings. The van der Waals surface area contributed by atoms with Gasteiger partial charge in [0.15, 0.2) is 22.8 Å². The van der Waals surface area contributed by atoms with Gasteiger partial charge in [-0.3, -0.25) is 9.59 Å². The van der Waals surface area contributed by atoms with Crippen molar-refractivity contribution in [3.05, 3.63) is 74.9 Å². The van der Waals surface area contributed by atoms with Gasteiger partial charge < -0.3 is 29.3 Å². The van der Waals surface area contributed by atoms with E-state index in [0.29, 0.717) is 29.7 Å². The molecular weight excluding hydrogens is 695 g/mol. The largest absolute Gasteiger partial charge is 0.507 e. The Morgan fingerprint density at radius 1 is 0.927 bits per heavy atom. The van der Waals surface area contributed by atoms with E-state index in [4.69, 9.17) is 14.2 Å². The molecule has 2 N–H and O–H groups in total. The van der Waals surface area contributed by atoms with E-state index in [0.717, 1.165) is 50.0 Å². The molecule has 1 saturated carbocycles. The van der Waals surface area contributed by atoms with Gasteiger partial charge in [-0.05, 0) is 120 Å². The van der Waals surface area contributed by atoms with E-state index in [9.17, 15) is 24.6 Å². The number of ether oxygens (including phenoxy) is 3. The molecule has 3 aliphatic carbocycles. The first-order chi connectivity index (χ1) is 26.0. The summed E-state index contributed by atoms with van der Waals surface area (Å²) in [7, 11) is 0. The third-order valence-electron chi connectivity index (χ3n) is 12.5. The molecule has 9 heteroatoms. The number of phenols is 2.